The lowest BCUT2D eigenvalue weighted by molar-refractivity contribution is -0.149. The van der Waals surface area contributed by atoms with Crippen molar-refractivity contribution in [1.29, 1.82) is 0 Å². The first kappa shape index (κ1) is 28.1. The molecule has 0 spiro atoms. The number of benzene rings is 2. The molecular formula is C27H32ClFN4O4. The number of rotatable bonds is 10. The van der Waals surface area contributed by atoms with Gasteiger partial charge in [-0.25, -0.2) is 9.18 Å². The van der Waals surface area contributed by atoms with Crippen LogP contribution in [0.3, 0.4) is 0 Å². The predicted octanol–water partition coefficient (Wildman–Crippen LogP) is 5.44. The van der Waals surface area contributed by atoms with E-state index in [1.165, 1.54) is 29.3 Å². The second-order valence-electron chi connectivity index (χ2n) is 9.64. The van der Waals surface area contributed by atoms with Crippen LogP contribution >= 0.6 is 11.6 Å². The number of ether oxygens (including phenoxy) is 2. The zero-order valence-corrected chi connectivity index (χ0v) is 22.2. The third kappa shape index (κ3) is 8.86. The summed E-state index contributed by atoms with van der Waals surface area (Å²) in [6.45, 7) is 7.50. The van der Waals surface area contributed by atoms with Crippen molar-refractivity contribution in [2.75, 3.05) is 6.61 Å². The van der Waals surface area contributed by atoms with Gasteiger partial charge in [0.2, 0.25) is 0 Å². The van der Waals surface area contributed by atoms with Gasteiger partial charge < -0.3 is 14.8 Å². The summed E-state index contributed by atoms with van der Waals surface area (Å²) in [5.41, 5.74) is 1.27. The Morgan fingerprint density at radius 2 is 1.78 bits per heavy atom. The van der Waals surface area contributed by atoms with Crippen molar-refractivity contribution in [3.63, 3.8) is 0 Å². The Bertz CT molecular complexity index is 1180. The fourth-order valence-corrected chi connectivity index (χ4v) is 4.05. The van der Waals surface area contributed by atoms with E-state index in [0.29, 0.717) is 22.6 Å². The molecule has 0 saturated heterocycles. The van der Waals surface area contributed by atoms with Crippen LogP contribution in [0.15, 0.2) is 54.9 Å². The minimum atomic E-state index is -0.684. The predicted molar refractivity (Wildman–Crippen MR) is 138 cm³/mol. The quantitative estimate of drug-likeness (QED) is 0.350. The van der Waals surface area contributed by atoms with Gasteiger partial charge in [0.05, 0.1) is 31.5 Å². The van der Waals surface area contributed by atoms with Gasteiger partial charge in [0.25, 0.3) is 0 Å². The second kappa shape index (κ2) is 12.7. The number of esters is 1. The molecular weight excluding hydrogens is 499 g/mol. The van der Waals surface area contributed by atoms with Crippen LogP contribution in [0.2, 0.25) is 5.02 Å². The molecule has 0 unspecified atom stereocenters. The molecule has 198 valence electrons. The molecule has 2 atom stereocenters. The summed E-state index contributed by atoms with van der Waals surface area (Å²) < 4.78 is 25.0. The molecule has 3 aromatic rings. The van der Waals surface area contributed by atoms with Crippen LogP contribution in [0.5, 0.6) is 0 Å². The molecule has 1 heterocycles. The number of nitrogens with one attached hydrogen (secondary N) is 1. The van der Waals surface area contributed by atoms with Gasteiger partial charge in [-0.1, -0.05) is 35.9 Å². The smallest absolute Gasteiger partial charge is 0.407 e. The van der Waals surface area contributed by atoms with Crippen LogP contribution in [-0.4, -0.2) is 45.3 Å². The number of amides is 1. The Balaban J connectivity index is 1.82. The third-order valence-electron chi connectivity index (χ3n) is 5.44. The standard InChI is InChI=1S/C27H32ClFN4O4/c1-5-36-25(34)20(17-33-30-12-13-31-33)15-22(32-26(35)37-27(2,3)4)14-18-6-8-19(9-7-18)23-16-21(28)10-11-24(23)29/h6-13,16,20,22H,5,14-15,17H2,1-4H3,(H,32,35)/t20-,22+/m0/s1. The van der Waals surface area contributed by atoms with E-state index >= 15 is 0 Å². The highest BCUT2D eigenvalue weighted by Crippen LogP contribution is 2.27. The number of hydrogen-bond acceptors (Lipinski definition) is 6. The van der Waals surface area contributed by atoms with E-state index in [0.717, 1.165) is 5.56 Å². The lowest BCUT2D eigenvalue weighted by Crippen LogP contribution is -2.42. The van der Waals surface area contributed by atoms with Crippen molar-refractivity contribution < 1.29 is 23.5 Å². The van der Waals surface area contributed by atoms with E-state index in [-0.39, 0.29) is 25.4 Å². The number of nitrogens with zero attached hydrogens (tertiary/aromatic N) is 3. The Labute approximate surface area is 221 Å². The van der Waals surface area contributed by atoms with Crippen LogP contribution in [0.25, 0.3) is 11.1 Å². The van der Waals surface area contributed by atoms with Crippen LogP contribution in [0.4, 0.5) is 9.18 Å². The van der Waals surface area contributed by atoms with Gasteiger partial charge in [-0.3, -0.25) is 4.79 Å². The molecule has 0 aliphatic carbocycles. The van der Waals surface area contributed by atoms with E-state index in [1.54, 1.807) is 45.9 Å². The molecule has 3 rings (SSSR count). The van der Waals surface area contributed by atoms with Crippen LogP contribution in [0, 0.1) is 11.7 Å². The second-order valence-corrected chi connectivity index (χ2v) is 10.1. The van der Waals surface area contributed by atoms with Gasteiger partial charge >= 0.3 is 12.1 Å². The highest BCUT2D eigenvalue weighted by molar-refractivity contribution is 6.30. The number of carbonyl (C=O) groups excluding carboxylic acids is 2. The van der Waals surface area contributed by atoms with Crippen molar-refractivity contribution in [1.82, 2.24) is 20.3 Å². The maximum Gasteiger partial charge on any atom is 0.407 e. The van der Waals surface area contributed by atoms with Crippen LogP contribution in [-0.2, 0) is 27.2 Å². The van der Waals surface area contributed by atoms with Crippen molar-refractivity contribution in [2.24, 2.45) is 5.92 Å². The summed E-state index contributed by atoms with van der Waals surface area (Å²) in [5.74, 6) is -1.37. The van der Waals surface area contributed by atoms with E-state index in [9.17, 15) is 14.0 Å². The minimum Gasteiger partial charge on any atom is -0.466 e. The number of aromatic nitrogens is 3. The van der Waals surface area contributed by atoms with Gasteiger partial charge in [-0.05, 0) is 69.9 Å². The summed E-state index contributed by atoms with van der Waals surface area (Å²) >= 11 is 6.04. The Hall–Kier alpha value is -3.46. The normalized spacial score (nSPS) is 13.0. The zero-order chi connectivity index (χ0) is 27.0. The van der Waals surface area contributed by atoms with E-state index in [2.05, 4.69) is 15.5 Å². The number of alkyl carbamates (subject to hydrolysis) is 1. The van der Waals surface area contributed by atoms with Gasteiger partial charge in [0, 0.05) is 16.6 Å². The number of halogens is 2. The van der Waals surface area contributed by atoms with Gasteiger partial charge in [0.1, 0.15) is 11.4 Å². The third-order valence-corrected chi connectivity index (χ3v) is 5.67. The highest BCUT2D eigenvalue weighted by atomic mass is 35.5. The maximum atomic E-state index is 14.3. The molecule has 0 aliphatic heterocycles. The molecule has 0 fully saturated rings. The lowest BCUT2D eigenvalue weighted by Gasteiger charge is -2.26. The summed E-state index contributed by atoms with van der Waals surface area (Å²) in [7, 11) is 0. The molecule has 37 heavy (non-hydrogen) atoms. The molecule has 2 aromatic carbocycles. The zero-order valence-electron chi connectivity index (χ0n) is 21.4. The summed E-state index contributed by atoms with van der Waals surface area (Å²) in [6, 6.07) is 11.2. The summed E-state index contributed by atoms with van der Waals surface area (Å²) in [6.07, 6.45) is 3.14. The fourth-order valence-electron chi connectivity index (χ4n) is 3.87. The average Bonchev–Trinajstić information content (AvgIpc) is 3.33. The molecule has 0 radical (unpaired) electrons. The Morgan fingerprint density at radius 3 is 2.41 bits per heavy atom. The average molecular weight is 531 g/mol. The summed E-state index contributed by atoms with van der Waals surface area (Å²) in [4.78, 5) is 26.8. The van der Waals surface area contributed by atoms with Crippen molar-refractivity contribution in [3.8, 4) is 11.1 Å². The topological polar surface area (TPSA) is 95.3 Å². The SMILES string of the molecule is CCOC(=O)[C@@H](C[C@@H](Cc1ccc(-c2cc(Cl)ccc2F)cc1)NC(=O)OC(C)(C)C)Cn1nccn1. The fraction of sp³-hybridized carbons (Fsp3) is 0.407. The van der Waals surface area contributed by atoms with Crippen LogP contribution < -0.4 is 5.32 Å². The van der Waals surface area contributed by atoms with Crippen LogP contribution in [0.1, 0.15) is 39.7 Å². The lowest BCUT2D eigenvalue weighted by atomic mass is 9.94. The first-order valence-electron chi connectivity index (χ1n) is 12.1. The first-order chi connectivity index (χ1) is 17.5. The van der Waals surface area contributed by atoms with Crippen molar-refractivity contribution >= 4 is 23.7 Å². The molecule has 1 amide bonds. The maximum absolute atomic E-state index is 14.3. The highest BCUT2D eigenvalue weighted by Gasteiger charge is 2.28. The van der Waals surface area contributed by atoms with E-state index in [4.69, 9.17) is 21.1 Å². The van der Waals surface area contributed by atoms with Gasteiger partial charge in [-0.15, -0.1) is 0 Å². The Kier molecular flexibility index (Phi) is 9.63. The molecule has 10 heteroatoms. The monoisotopic (exact) mass is 530 g/mol. The van der Waals surface area contributed by atoms with Gasteiger partial charge in [0.15, 0.2) is 0 Å². The van der Waals surface area contributed by atoms with Crippen molar-refractivity contribution in [2.45, 2.75) is 58.7 Å². The molecule has 0 aliphatic rings. The van der Waals surface area contributed by atoms with E-state index in [1.807, 2.05) is 12.1 Å². The van der Waals surface area contributed by atoms with E-state index < -0.39 is 29.6 Å². The minimum absolute atomic E-state index is 0.200. The molecule has 1 N–H and O–H groups in total. The molecule has 0 bridgehead atoms. The largest absolute Gasteiger partial charge is 0.466 e. The number of carbonyl (C=O) groups is 2. The molecule has 8 nitrogen and oxygen atoms in total. The first-order valence-corrected chi connectivity index (χ1v) is 12.5. The number of hydrogen-bond donors (Lipinski definition) is 1. The summed E-state index contributed by atoms with van der Waals surface area (Å²) in [5, 5.41) is 11.5. The molecule has 1 aromatic heterocycles. The Morgan fingerprint density at radius 1 is 1.11 bits per heavy atom. The van der Waals surface area contributed by atoms with Gasteiger partial charge in [-0.2, -0.15) is 15.0 Å². The van der Waals surface area contributed by atoms with Crippen molar-refractivity contribution in [3.05, 3.63) is 71.3 Å². The molecule has 0 saturated carbocycles.